The minimum absolute atomic E-state index is 0.341. The third-order valence-corrected chi connectivity index (χ3v) is 4.42. The van der Waals surface area contributed by atoms with Gasteiger partial charge in [-0.25, -0.2) is 4.79 Å². The summed E-state index contributed by atoms with van der Waals surface area (Å²) in [5, 5.41) is 3.56. The van der Waals surface area contributed by atoms with Gasteiger partial charge in [-0.05, 0) is 34.5 Å². The maximum atomic E-state index is 12.0. The molecule has 7 heteroatoms. The minimum atomic E-state index is -1.01. The summed E-state index contributed by atoms with van der Waals surface area (Å²) in [7, 11) is 2.69. The number of hydrogen-bond acceptors (Lipinski definition) is 5. The molecule has 0 spiro atoms. The van der Waals surface area contributed by atoms with E-state index in [1.807, 2.05) is 23.6 Å². The van der Waals surface area contributed by atoms with E-state index in [1.54, 1.807) is 18.4 Å². The topological polar surface area (TPSA) is 63.7 Å². The number of carbonyl (C=O) groups is 3. The third kappa shape index (κ3) is 3.64. The van der Waals surface area contributed by atoms with Gasteiger partial charge in [0.1, 0.15) is 0 Å². The van der Waals surface area contributed by atoms with Crippen LogP contribution in [0.25, 0.3) is 10.1 Å². The molecule has 0 aliphatic rings. The fraction of sp³-hybridized carbons (Fsp3) is 0.267. The number of benzene rings is 1. The van der Waals surface area contributed by atoms with Gasteiger partial charge in [-0.2, -0.15) is 0 Å². The second-order valence-electron chi connectivity index (χ2n) is 4.74. The Hall–Kier alpha value is -1.92. The van der Waals surface area contributed by atoms with Crippen LogP contribution in [0.15, 0.2) is 23.6 Å². The normalized spacial score (nSPS) is 10.5. The van der Waals surface area contributed by atoms with Gasteiger partial charge in [0, 0.05) is 23.3 Å². The van der Waals surface area contributed by atoms with E-state index in [4.69, 9.17) is 11.6 Å². The molecule has 0 fully saturated rings. The molecule has 0 saturated heterocycles. The van der Waals surface area contributed by atoms with E-state index in [0.29, 0.717) is 11.6 Å². The third-order valence-electron chi connectivity index (χ3n) is 3.17. The molecule has 0 aliphatic heterocycles. The van der Waals surface area contributed by atoms with Gasteiger partial charge >= 0.3 is 5.97 Å². The fourth-order valence-electron chi connectivity index (χ4n) is 1.98. The molecular formula is C15H14ClNO4S. The lowest BCUT2D eigenvalue weighted by atomic mass is 10.1. The molecule has 1 amide bonds. The minimum Gasteiger partial charge on any atom is -0.463 e. The SMILES string of the molecule is COC(=O)C(=O)CC(=O)N(C)Cc1csc2ccc(Cl)cc12. The van der Waals surface area contributed by atoms with Gasteiger partial charge in [0.05, 0.1) is 13.5 Å². The Morgan fingerprint density at radius 3 is 2.73 bits per heavy atom. The monoisotopic (exact) mass is 339 g/mol. The molecule has 0 atom stereocenters. The summed E-state index contributed by atoms with van der Waals surface area (Å²) >= 11 is 7.56. The van der Waals surface area contributed by atoms with Crippen LogP contribution in [0.1, 0.15) is 12.0 Å². The maximum Gasteiger partial charge on any atom is 0.374 e. The number of esters is 1. The van der Waals surface area contributed by atoms with Crippen molar-refractivity contribution in [3.05, 3.63) is 34.2 Å². The molecule has 0 saturated carbocycles. The summed E-state index contributed by atoms with van der Waals surface area (Å²) in [4.78, 5) is 35.8. The van der Waals surface area contributed by atoms with Crippen LogP contribution in [-0.4, -0.2) is 36.7 Å². The highest BCUT2D eigenvalue weighted by Gasteiger charge is 2.21. The molecule has 1 heterocycles. The van der Waals surface area contributed by atoms with Crippen LogP contribution in [0.5, 0.6) is 0 Å². The molecule has 116 valence electrons. The molecule has 5 nitrogen and oxygen atoms in total. The Morgan fingerprint density at radius 2 is 2.05 bits per heavy atom. The van der Waals surface area contributed by atoms with Gasteiger partial charge in [0.2, 0.25) is 11.7 Å². The number of hydrogen-bond donors (Lipinski definition) is 0. The molecule has 0 aliphatic carbocycles. The average Bonchev–Trinajstić information content (AvgIpc) is 2.88. The molecule has 1 aromatic carbocycles. The summed E-state index contributed by atoms with van der Waals surface area (Å²) < 4.78 is 5.37. The van der Waals surface area contributed by atoms with Crippen molar-refractivity contribution in [3.63, 3.8) is 0 Å². The van der Waals surface area contributed by atoms with E-state index >= 15 is 0 Å². The first kappa shape index (κ1) is 16.5. The molecular weight excluding hydrogens is 326 g/mol. The molecule has 0 bridgehead atoms. The molecule has 2 aromatic rings. The lowest BCUT2D eigenvalue weighted by Gasteiger charge is -2.16. The van der Waals surface area contributed by atoms with Crippen molar-refractivity contribution in [2.45, 2.75) is 13.0 Å². The average molecular weight is 340 g/mol. The number of amides is 1. The summed E-state index contributed by atoms with van der Waals surface area (Å²) in [5.74, 6) is -2.29. The zero-order valence-corrected chi connectivity index (χ0v) is 13.7. The van der Waals surface area contributed by atoms with Crippen molar-refractivity contribution in [2.75, 3.05) is 14.2 Å². The number of fused-ring (bicyclic) bond motifs is 1. The standard InChI is InChI=1S/C15H14ClNO4S/c1-17(14(19)6-12(18)15(20)21-2)7-9-8-22-13-4-3-10(16)5-11(9)13/h3-5,8H,6-7H2,1-2H3. The highest BCUT2D eigenvalue weighted by molar-refractivity contribution is 7.17. The quantitative estimate of drug-likeness (QED) is 0.477. The van der Waals surface area contributed by atoms with E-state index in [0.717, 1.165) is 22.8 Å². The van der Waals surface area contributed by atoms with Crippen molar-refractivity contribution in [1.82, 2.24) is 4.90 Å². The number of Topliss-reactive ketones (excluding diaryl/α,β-unsaturated/α-hetero) is 1. The number of methoxy groups -OCH3 is 1. The van der Waals surface area contributed by atoms with Crippen LogP contribution in [-0.2, 0) is 25.7 Å². The van der Waals surface area contributed by atoms with E-state index in [9.17, 15) is 14.4 Å². The van der Waals surface area contributed by atoms with Gasteiger partial charge in [-0.1, -0.05) is 11.6 Å². The Kier molecular flexibility index (Phi) is 5.15. The smallest absolute Gasteiger partial charge is 0.374 e. The van der Waals surface area contributed by atoms with E-state index in [1.165, 1.54) is 4.90 Å². The first-order chi connectivity index (χ1) is 10.4. The second-order valence-corrected chi connectivity index (χ2v) is 6.09. The van der Waals surface area contributed by atoms with Crippen molar-refractivity contribution in [3.8, 4) is 0 Å². The van der Waals surface area contributed by atoms with Crippen LogP contribution in [0, 0.1) is 0 Å². The molecule has 0 N–H and O–H groups in total. The summed E-state index contributed by atoms with van der Waals surface area (Å²) in [6.07, 6.45) is -0.494. The van der Waals surface area contributed by atoms with Crippen LogP contribution in [0.3, 0.4) is 0 Å². The van der Waals surface area contributed by atoms with Crippen LogP contribution in [0.4, 0.5) is 0 Å². The summed E-state index contributed by atoms with van der Waals surface area (Å²) in [6, 6.07) is 5.59. The molecule has 1 aromatic heterocycles. The van der Waals surface area contributed by atoms with Crippen LogP contribution < -0.4 is 0 Å². The van der Waals surface area contributed by atoms with Gasteiger partial charge in [-0.3, -0.25) is 9.59 Å². The van der Waals surface area contributed by atoms with Gasteiger partial charge in [0.15, 0.2) is 0 Å². The maximum absolute atomic E-state index is 12.0. The summed E-state index contributed by atoms with van der Waals surface area (Å²) in [6.45, 7) is 0.341. The lowest BCUT2D eigenvalue weighted by molar-refractivity contribution is -0.153. The van der Waals surface area contributed by atoms with E-state index in [2.05, 4.69) is 4.74 Å². The van der Waals surface area contributed by atoms with Gasteiger partial charge in [-0.15, -0.1) is 11.3 Å². The number of rotatable bonds is 5. The number of nitrogens with zero attached hydrogens (tertiary/aromatic N) is 1. The van der Waals surface area contributed by atoms with Crippen LogP contribution >= 0.6 is 22.9 Å². The predicted octanol–water partition coefficient (Wildman–Crippen LogP) is 2.65. The number of ketones is 1. The highest BCUT2D eigenvalue weighted by Crippen LogP contribution is 2.29. The fourth-order valence-corrected chi connectivity index (χ4v) is 3.08. The Balaban J connectivity index is 2.08. The van der Waals surface area contributed by atoms with Gasteiger partial charge in [0.25, 0.3) is 0 Å². The lowest BCUT2D eigenvalue weighted by Crippen LogP contribution is -2.30. The number of ether oxygens (including phenoxy) is 1. The Morgan fingerprint density at radius 1 is 1.32 bits per heavy atom. The number of halogens is 1. The van der Waals surface area contributed by atoms with Crippen molar-refractivity contribution >= 4 is 50.7 Å². The van der Waals surface area contributed by atoms with Gasteiger partial charge < -0.3 is 9.64 Å². The van der Waals surface area contributed by atoms with Crippen LogP contribution in [0.2, 0.25) is 5.02 Å². The first-order valence-corrected chi connectivity index (χ1v) is 7.69. The Labute approximate surface area is 136 Å². The highest BCUT2D eigenvalue weighted by atomic mass is 35.5. The zero-order valence-electron chi connectivity index (χ0n) is 12.1. The first-order valence-electron chi connectivity index (χ1n) is 6.43. The zero-order chi connectivity index (χ0) is 16.3. The number of carbonyl (C=O) groups excluding carboxylic acids is 3. The molecule has 22 heavy (non-hydrogen) atoms. The molecule has 0 radical (unpaired) electrons. The van der Waals surface area contributed by atoms with E-state index in [-0.39, 0.29) is 0 Å². The molecule has 0 unspecified atom stereocenters. The largest absolute Gasteiger partial charge is 0.463 e. The van der Waals surface area contributed by atoms with Crippen molar-refractivity contribution in [1.29, 1.82) is 0 Å². The second kappa shape index (κ2) is 6.89. The van der Waals surface area contributed by atoms with Crippen molar-refractivity contribution < 1.29 is 19.1 Å². The molecule has 2 rings (SSSR count). The Bertz CT molecular complexity index is 740. The number of thiophene rings is 1. The summed E-state index contributed by atoms with van der Waals surface area (Å²) in [5.41, 5.74) is 0.948. The predicted molar refractivity (Wildman–Crippen MR) is 84.9 cm³/mol. The van der Waals surface area contributed by atoms with E-state index < -0.39 is 24.1 Å². The van der Waals surface area contributed by atoms with Crippen molar-refractivity contribution in [2.24, 2.45) is 0 Å².